The summed E-state index contributed by atoms with van der Waals surface area (Å²) in [5, 5.41) is 11.6. The fourth-order valence-electron chi connectivity index (χ4n) is 2.23. The predicted octanol–water partition coefficient (Wildman–Crippen LogP) is 2.39. The Kier molecular flexibility index (Phi) is 4.00. The average molecular weight is 308 g/mol. The van der Waals surface area contributed by atoms with Crippen LogP contribution in [0.4, 0.5) is 5.69 Å². The Balaban J connectivity index is 2.10. The lowest BCUT2D eigenvalue weighted by Gasteiger charge is -2.15. The first-order valence-corrected chi connectivity index (χ1v) is 6.67. The zero-order chi connectivity index (χ0) is 13.1. The van der Waals surface area contributed by atoms with Crippen molar-refractivity contribution in [3.8, 4) is 6.07 Å². The molecule has 0 saturated heterocycles. The van der Waals surface area contributed by atoms with E-state index in [4.69, 9.17) is 11.0 Å². The Bertz CT molecular complexity index is 509. The first-order chi connectivity index (χ1) is 8.61. The van der Waals surface area contributed by atoms with E-state index in [9.17, 15) is 4.79 Å². The van der Waals surface area contributed by atoms with Crippen molar-refractivity contribution in [2.75, 3.05) is 5.32 Å². The monoisotopic (exact) mass is 307 g/mol. The van der Waals surface area contributed by atoms with Crippen LogP contribution < -0.4 is 11.1 Å². The molecule has 1 aliphatic carbocycles. The number of anilines is 1. The van der Waals surface area contributed by atoms with E-state index in [0.29, 0.717) is 15.7 Å². The summed E-state index contributed by atoms with van der Waals surface area (Å²) in [6.07, 6.45) is 2.77. The van der Waals surface area contributed by atoms with Crippen molar-refractivity contribution < 1.29 is 4.79 Å². The summed E-state index contributed by atoms with van der Waals surface area (Å²) < 4.78 is 0.710. The molecular formula is C13H14BrN3O. The van der Waals surface area contributed by atoms with Crippen molar-refractivity contribution in [3.05, 3.63) is 28.2 Å². The molecule has 0 bridgehead atoms. The van der Waals surface area contributed by atoms with Crippen LogP contribution in [0.15, 0.2) is 22.7 Å². The number of nitrogens with one attached hydrogen (secondary N) is 1. The van der Waals surface area contributed by atoms with Crippen LogP contribution in [0.3, 0.4) is 0 Å². The number of hydrogen-bond acceptors (Lipinski definition) is 3. The molecule has 2 unspecified atom stereocenters. The molecule has 1 aromatic rings. The summed E-state index contributed by atoms with van der Waals surface area (Å²) in [7, 11) is 0. The maximum absolute atomic E-state index is 12.1. The van der Waals surface area contributed by atoms with Gasteiger partial charge in [-0.2, -0.15) is 5.26 Å². The van der Waals surface area contributed by atoms with E-state index in [-0.39, 0.29) is 17.9 Å². The van der Waals surface area contributed by atoms with Crippen LogP contribution in [-0.2, 0) is 4.79 Å². The number of benzene rings is 1. The normalized spacial score (nSPS) is 22.5. The van der Waals surface area contributed by atoms with Crippen molar-refractivity contribution in [2.24, 2.45) is 11.7 Å². The van der Waals surface area contributed by atoms with Crippen LogP contribution in [0.2, 0.25) is 0 Å². The van der Waals surface area contributed by atoms with Gasteiger partial charge in [0.05, 0.1) is 23.2 Å². The lowest BCUT2D eigenvalue weighted by molar-refractivity contribution is -0.120. The lowest BCUT2D eigenvalue weighted by Crippen LogP contribution is -2.34. The smallest absolute Gasteiger partial charge is 0.229 e. The van der Waals surface area contributed by atoms with E-state index < -0.39 is 0 Å². The molecule has 0 aromatic heterocycles. The summed E-state index contributed by atoms with van der Waals surface area (Å²) in [5.74, 6) is -0.141. The van der Waals surface area contributed by atoms with Gasteiger partial charge in [0.25, 0.3) is 0 Å². The first kappa shape index (κ1) is 13.1. The highest BCUT2D eigenvalue weighted by molar-refractivity contribution is 9.10. The zero-order valence-electron chi connectivity index (χ0n) is 9.82. The second-order valence-corrected chi connectivity index (χ2v) is 5.35. The van der Waals surface area contributed by atoms with Crippen molar-refractivity contribution in [2.45, 2.75) is 25.3 Å². The largest absolute Gasteiger partial charge is 0.327 e. The van der Waals surface area contributed by atoms with Crippen LogP contribution in [0.25, 0.3) is 0 Å². The summed E-state index contributed by atoms with van der Waals surface area (Å²) >= 11 is 3.34. The number of nitriles is 1. The highest BCUT2D eigenvalue weighted by Gasteiger charge is 2.30. The number of halogens is 1. The molecule has 2 atom stereocenters. The molecule has 0 heterocycles. The molecular weight excluding hydrogens is 294 g/mol. The maximum atomic E-state index is 12.1. The number of nitrogens with two attached hydrogens (primary N) is 1. The van der Waals surface area contributed by atoms with Crippen molar-refractivity contribution in [1.82, 2.24) is 0 Å². The number of rotatable bonds is 2. The fraction of sp³-hybridized carbons (Fsp3) is 0.385. The van der Waals surface area contributed by atoms with Gasteiger partial charge in [0.1, 0.15) is 0 Å². The summed E-state index contributed by atoms with van der Waals surface area (Å²) in [4.78, 5) is 12.1. The van der Waals surface area contributed by atoms with E-state index in [1.807, 2.05) is 6.07 Å². The molecule has 1 amide bonds. The van der Waals surface area contributed by atoms with Crippen LogP contribution in [0, 0.1) is 17.2 Å². The van der Waals surface area contributed by atoms with E-state index >= 15 is 0 Å². The van der Waals surface area contributed by atoms with Gasteiger partial charge < -0.3 is 11.1 Å². The van der Waals surface area contributed by atoms with Gasteiger partial charge in [0.2, 0.25) is 5.91 Å². The van der Waals surface area contributed by atoms with Gasteiger partial charge in [-0.15, -0.1) is 0 Å². The third-order valence-electron chi connectivity index (χ3n) is 3.26. The third kappa shape index (κ3) is 2.71. The van der Waals surface area contributed by atoms with Gasteiger partial charge in [-0.25, -0.2) is 0 Å². The maximum Gasteiger partial charge on any atom is 0.229 e. The van der Waals surface area contributed by atoms with Crippen LogP contribution in [-0.4, -0.2) is 11.9 Å². The molecule has 0 spiro atoms. The number of hydrogen-bond donors (Lipinski definition) is 2. The number of nitrogens with zero attached hydrogens (tertiary/aromatic N) is 1. The number of amides is 1. The summed E-state index contributed by atoms with van der Waals surface area (Å²) in [6, 6.07) is 7.09. The van der Waals surface area contributed by atoms with Crippen molar-refractivity contribution in [1.29, 1.82) is 5.26 Å². The van der Waals surface area contributed by atoms with E-state index in [1.165, 1.54) is 0 Å². The second-order valence-electron chi connectivity index (χ2n) is 4.50. The standard InChI is InChI=1S/C13H14BrN3O/c14-10-6-8(7-15)4-5-12(10)17-13(18)9-2-1-3-11(9)16/h4-6,9,11H,1-3,16H2,(H,17,18). The minimum Gasteiger partial charge on any atom is -0.327 e. The van der Waals surface area contributed by atoms with Crippen molar-refractivity contribution >= 4 is 27.5 Å². The molecule has 2 rings (SSSR count). The molecule has 0 radical (unpaired) electrons. The summed E-state index contributed by atoms with van der Waals surface area (Å²) in [5.41, 5.74) is 7.13. The van der Waals surface area contributed by atoms with Crippen LogP contribution in [0.5, 0.6) is 0 Å². The Morgan fingerprint density at radius 3 is 2.83 bits per heavy atom. The van der Waals surface area contributed by atoms with Gasteiger partial charge in [-0.3, -0.25) is 4.79 Å². The molecule has 1 aromatic carbocycles. The van der Waals surface area contributed by atoms with E-state index in [0.717, 1.165) is 19.3 Å². The van der Waals surface area contributed by atoms with Gasteiger partial charge in [0.15, 0.2) is 0 Å². The molecule has 1 fully saturated rings. The quantitative estimate of drug-likeness (QED) is 0.880. The van der Waals surface area contributed by atoms with Gasteiger partial charge in [-0.05, 0) is 47.0 Å². The zero-order valence-corrected chi connectivity index (χ0v) is 11.4. The Hall–Kier alpha value is -1.38. The minimum atomic E-state index is -0.104. The molecule has 3 N–H and O–H groups in total. The van der Waals surface area contributed by atoms with Gasteiger partial charge in [0, 0.05) is 10.5 Å². The van der Waals surface area contributed by atoms with Gasteiger partial charge in [-0.1, -0.05) is 6.42 Å². The Labute approximate surface area is 114 Å². The minimum absolute atomic E-state index is 0.0367. The van der Waals surface area contributed by atoms with Crippen LogP contribution in [0.1, 0.15) is 24.8 Å². The molecule has 4 nitrogen and oxygen atoms in total. The number of carbonyl (C=O) groups excluding carboxylic acids is 1. The molecule has 0 aliphatic heterocycles. The average Bonchev–Trinajstić information content (AvgIpc) is 2.78. The van der Waals surface area contributed by atoms with E-state index in [1.54, 1.807) is 18.2 Å². The topological polar surface area (TPSA) is 78.9 Å². The van der Waals surface area contributed by atoms with Crippen LogP contribution >= 0.6 is 15.9 Å². The SMILES string of the molecule is N#Cc1ccc(NC(=O)C2CCCC2N)c(Br)c1. The van der Waals surface area contributed by atoms with Gasteiger partial charge >= 0.3 is 0 Å². The summed E-state index contributed by atoms with van der Waals surface area (Å²) in [6.45, 7) is 0. The molecule has 18 heavy (non-hydrogen) atoms. The third-order valence-corrected chi connectivity index (χ3v) is 3.92. The molecule has 1 aliphatic rings. The molecule has 1 saturated carbocycles. The molecule has 94 valence electrons. The number of carbonyl (C=O) groups is 1. The molecule has 5 heteroatoms. The second kappa shape index (κ2) is 5.51. The highest BCUT2D eigenvalue weighted by Crippen LogP contribution is 2.28. The fourth-order valence-corrected chi connectivity index (χ4v) is 2.70. The predicted molar refractivity (Wildman–Crippen MR) is 72.8 cm³/mol. The van der Waals surface area contributed by atoms with E-state index in [2.05, 4.69) is 21.2 Å². The highest BCUT2D eigenvalue weighted by atomic mass is 79.9. The Morgan fingerprint density at radius 1 is 1.50 bits per heavy atom. The Morgan fingerprint density at radius 2 is 2.28 bits per heavy atom. The van der Waals surface area contributed by atoms with Crippen molar-refractivity contribution in [3.63, 3.8) is 0 Å². The lowest BCUT2D eigenvalue weighted by atomic mass is 10.0. The first-order valence-electron chi connectivity index (χ1n) is 5.88.